The first kappa shape index (κ1) is 17.1. The number of aromatic nitrogens is 3. The minimum atomic E-state index is -0.278. The molecule has 1 heterocycles. The molecule has 0 aliphatic rings. The fraction of sp³-hybridized carbons (Fsp3) is 0.118. The van der Waals surface area contributed by atoms with Gasteiger partial charge in [0, 0.05) is 0 Å². The highest BCUT2D eigenvalue weighted by Crippen LogP contribution is 2.36. The van der Waals surface area contributed by atoms with Crippen molar-refractivity contribution in [3.8, 4) is 11.5 Å². The summed E-state index contributed by atoms with van der Waals surface area (Å²) in [7, 11) is 1.56. The number of halogens is 2. The lowest BCUT2D eigenvalue weighted by Crippen LogP contribution is -2.00. The normalized spacial score (nSPS) is 11.0. The predicted octanol–water partition coefficient (Wildman–Crippen LogP) is 3.65. The lowest BCUT2D eigenvalue weighted by atomic mass is 10.2. The summed E-state index contributed by atoms with van der Waals surface area (Å²) < 4.78 is 26.4. The summed E-state index contributed by atoms with van der Waals surface area (Å²) >= 11 is 3.48. The van der Waals surface area contributed by atoms with Crippen molar-refractivity contribution in [2.75, 3.05) is 7.11 Å². The summed E-state index contributed by atoms with van der Waals surface area (Å²) in [6.45, 7) is 0.295. The summed E-state index contributed by atoms with van der Waals surface area (Å²) in [5.74, 6) is 0.842. The van der Waals surface area contributed by atoms with E-state index in [1.165, 1.54) is 29.5 Å². The molecule has 2 aromatic carbocycles. The van der Waals surface area contributed by atoms with E-state index in [1.807, 2.05) is 6.07 Å². The highest BCUT2D eigenvalue weighted by Gasteiger charge is 2.11. The smallest absolute Gasteiger partial charge is 0.175 e. The fourth-order valence-corrected chi connectivity index (χ4v) is 2.65. The minimum absolute atomic E-state index is 0.278. The van der Waals surface area contributed by atoms with Crippen molar-refractivity contribution in [2.45, 2.75) is 6.61 Å². The Bertz CT molecular complexity index is 867. The molecule has 0 saturated carbocycles. The third-order valence-electron chi connectivity index (χ3n) is 3.29. The van der Waals surface area contributed by atoms with Crippen molar-refractivity contribution < 1.29 is 13.9 Å². The van der Waals surface area contributed by atoms with Crippen molar-refractivity contribution in [1.29, 1.82) is 0 Å². The fourth-order valence-electron chi connectivity index (χ4n) is 2.08. The highest BCUT2D eigenvalue weighted by atomic mass is 79.9. The van der Waals surface area contributed by atoms with Crippen molar-refractivity contribution >= 4 is 22.1 Å². The van der Waals surface area contributed by atoms with Crippen molar-refractivity contribution in [2.24, 2.45) is 5.10 Å². The monoisotopic (exact) mass is 404 g/mol. The number of nitrogens with zero attached hydrogens (tertiary/aromatic N) is 4. The molecule has 0 aliphatic heterocycles. The van der Waals surface area contributed by atoms with Crippen LogP contribution in [-0.2, 0) is 6.61 Å². The predicted molar refractivity (Wildman–Crippen MR) is 94.4 cm³/mol. The second-order valence-corrected chi connectivity index (χ2v) is 5.89. The van der Waals surface area contributed by atoms with Gasteiger partial charge in [-0.05, 0) is 51.3 Å². The van der Waals surface area contributed by atoms with Gasteiger partial charge >= 0.3 is 0 Å². The van der Waals surface area contributed by atoms with Crippen molar-refractivity contribution in [3.05, 3.63) is 70.5 Å². The van der Waals surface area contributed by atoms with E-state index in [4.69, 9.17) is 9.47 Å². The Morgan fingerprint density at radius 2 is 1.92 bits per heavy atom. The molecule has 0 amide bonds. The molecule has 8 heteroatoms. The van der Waals surface area contributed by atoms with Crippen LogP contribution < -0.4 is 9.47 Å². The quantitative estimate of drug-likeness (QED) is 0.588. The van der Waals surface area contributed by atoms with Gasteiger partial charge in [0.2, 0.25) is 0 Å². The number of benzene rings is 2. The molecule has 0 N–H and O–H groups in total. The minimum Gasteiger partial charge on any atom is -0.493 e. The van der Waals surface area contributed by atoms with E-state index in [9.17, 15) is 4.39 Å². The van der Waals surface area contributed by atoms with E-state index in [0.717, 1.165) is 15.6 Å². The van der Waals surface area contributed by atoms with Gasteiger partial charge in [0.25, 0.3) is 0 Å². The maximum Gasteiger partial charge on any atom is 0.175 e. The Balaban J connectivity index is 1.78. The maximum atomic E-state index is 13.0. The van der Waals surface area contributed by atoms with Crippen LogP contribution in [0.3, 0.4) is 0 Å². The molecule has 3 rings (SSSR count). The Hall–Kier alpha value is -2.74. The molecule has 0 bridgehead atoms. The van der Waals surface area contributed by atoms with E-state index in [2.05, 4.69) is 31.2 Å². The summed E-state index contributed by atoms with van der Waals surface area (Å²) in [5.41, 5.74) is 1.67. The molecule has 1 aromatic heterocycles. The molecule has 3 aromatic rings. The van der Waals surface area contributed by atoms with Crippen LogP contribution in [0.2, 0.25) is 0 Å². The van der Waals surface area contributed by atoms with Gasteiger partial charge in [0.05, 0.1) is 17.8 Å². The molecule has 25 heavy (non-hydrogen) atoms. The highest BCUT2D eigenvalue weighted by molar-refractivity contribution is 9.10. The first-order chi connectivity index (χ1) is 12.2. The molecule has 0 saturated heterocycles. The van der Waals surface area contributed by atoms with Gasteiger partial charge in [-0.25, -0.2) is 9.07 Å². The van der Waals surface area contributed by atoms with Crippen LogP contribution in [0.15, 0.2) is 58.6 Å². The average molecular weight is 405 g/mol. The van der Waals surface area contributed by atoms with Gasteiger partial charge in [-0.3, -0.25) is 0 Å². The topological polar surface area (TPSA) is 61.5 Å². The van der Waals surface area contributed by atoms with Crippen LogP contribution in [0.1, 0.15) is 11.1 Å². The lowest BCUT2D eigenvalue weighted by molar-refractivity contribution is 0.282. The van der Waals surface area contributed by atoms with Crippen LogP contribution >= 0.6 is 15.9 Å². The largest absolute Gasteiger partial charge is 0.493 e. The molecule has 0 unspecified atom stereocenters. The van der Waals surface area contributed by atoms with E-state index >= 15 is 0 Å². The number of ether oxygens (including phenoxy) is 2. The van der Waals surface area contributed by atoms with E-state index in [0.29, 0.717) is 18.1 Å². The third kappa shape index (κ3) is 4.42. The summed E-state index contributed by atoms with van der Waals surface area (Å²) in [6.07, 6.45) is 4.63. The zero-order valence-electron chi connectivity index (χ0n) is 13.3. The Morgan fingerprint density at radius 3 is 2.60 bits per heavy atom. The average Bonchev–Trinajstić information content (AvgIpc) is 3.13. The molecule has 0 atom stereocenters. The van der Waals surface area contributed by atoms with Gasteiger partial charge in [0.1, 0.15) is 25.1 Å². The first-order valence-corrected chi connectivity index (χ1v) is 8.09. The van der Waals surface area contributed by atoms with Crippen molar-refractivity contribution in [1.82, 2.24) is 14.9 Å². The molecular weight excluding hydrogens is 391 g/mol. The zero-order chi connectivity index (χ0) is 17.6. The van der Waals surface area contributed by atoms with Gasteiger partial charge < -0.3 is 9.47 Å². The number of hydrogen-bond donors (Lipinski definition) is 0. The number of rotatable bonds is 6. The molecule has 0 spiro atoms. The van der Waals surface area contributed by atoms with Gasteiger partial charge in [-0.1, -0.05) is 12.1 Å². The van der Waals surface area contributed by atoms with Gasteiger partial charge in [0.15, 0.2) is 11.5 Å². The maximum absolute atomic E-state index is 13.0. The summed E-state index contributed by atoms with van der Waals surface area (Å²) in [4.78, 5) is 0. The Morgan fingerprint density at radius 1 is 1.20 bits per heavy atom. The van der Waals surface area contributed by atoms with Crippen LogP contribution in [0, 0.1) is 5.82 Å². The Kier molecular flexibility index (Phi) is 5.39. The number of methoxy groups -OCH3 is 1. The van der Waals surface area contributed by atoms with E-state index in [-0.39, 0.29) is 5.82 Å². The molecule has 0 fully saturated rings. The molecule has 0 aliphatic carbocycles. The standard InChI is InChI=1S/C17H14BrFN4O2/c1-24-16-7-13(8-22-23-10-20-21-11-23)6-15(18)17(16)25-9-12-2-4-14(19)5-3-12/h2-8,10-11H,9H2,1H3/b22-8+. The second kappa shape index (κ2) is 7.89. The van der Waals surface area contributed by atoms with Crippen molar-refractivity contribution in [3.63, 3.8) is 0 Å². The molecular formula is C17H14BrFN4O2. The molecule has 128 valence electrons. The SMILES string of the molecule is COc1cc(/C=N/n2cnnc2)cc(Br)c1OCc1ccc(F)cc1. The zero-order valence-corrected chi connectivity index (χ0v) is 14.9. The first-order valence-electron chi connectivity index (χ1n) is 7.29. The van der Waals surface area contributed by atoms with Crippen LogP contribution in [-0.4, -0.2) is 28.2 Å². The van der Waals surface area contributed by atoms with Crippen LogP contribution in [0.25, 0.3) is 0 Å². The second-order valence-electron chi connectivity index (χ2n) is 5.04. The Labute approximate surface area is 152 Å². The van der Waals surface area contributed by atoms with Gasteiger partial charge in [-0.15, -0.1) is 10.2 Å². The molecule has 0 radical (unpaired) electrons. The third-order valence-corrected chi connectivity index (χ3v) is 3.88. The summed E-state index contributed by atoms with van der Waals surface area (Å²) in [6, 6.07) is 9.81. The molecule has 6 nitrogen and oxygen atoms in total. The van der Waals surface area contributed by atoms with E-state index < -0.39 is 0 Å². The lowest BCUT2D eigenvalue weighted by Gasteiger charge is -2.13. The van der Waals surface area contributed by atoms with Gasteiger partial charge in [-0.2, -0.15) is 5.10 Å². The van der Waals surface area contributed by atoms with Crippen LogP contribution in [0.5, 0.6) is 11.5 Å². The van der Waals surface area contributed by atoms with E-state index in [1.54, 1.807) is 31.5 Å². The summed E-state index contributed by atoms with van der Waals surface area (Å²) in [5, 5.41) is 11.6. The van der Waals surface area contributed by atoms with Crippen LogP contribution in [0.4, 0.5) is 4.39 Å². The number of hydrogen-bond acceptors (Lipinski definition) is 5.